The van der Waals surface area contributed by atoms with Crippen molar-refractivity contribution in [3.05, 3.63) is 0 Å². The summed E-state index contributed by atoms with van der Waals surface area (Å²) in [6, 6.07) is 0. The standard InChI is InChI=1S/C22H47NO2/c1-10-13-22(12-3,17-20(5,6)24-15-14-23-9)18-21(7,8)25-16-19(4)11-2/h19,23H,10-18H2,1-9H3. The topological polar surface area (TPSA) is 30.5 Å². The van der Waals surface area contributed by atoms with Gasteiger partial charge in [-0.05, 0) is 65.3 Å². The molecule has 0 bridgehead atoms. The van der Waals surface area contributed by atoms with Crippen LogP contribution in [-0.2, 0) is 9.47 Å². The minimum absolute atomic E-state index is 0.0876. The first-order valence-corrected chi connectivity index (χ1v) is 10.5. The molecule has 3 heteroatoms. The fraction of sp³-hybridized carbons (Fsp3) is 1.00. The van der Waals surface area contributed by atoms with E-state index >= 15 is 0 Å². The molecule has 152 valence electrons. The zero-order valence-electron chi connectivity index (χ0n) is 18.8. The summed E-state index contributed by atoms with van der Waals surface area (Å²) in [4.78, 5) is 0. The molecule has 0 spiro atoms. The van der Waals surface area contributed by atoms with Gasteiger partial charge in [0.05, 0.1) is 17.8 Å². The molecule has 0 aromatic rings. The first kappa shape index (κ1) is 24.9. The third kappa shape index (κ3) is 10.6. The molecule has 0 aromatic carbocycles. The second-order valence-electron chi connectivity index (χ2n) is 9.25. The van der Waals surface area contributed by atoms with Crippen LogP contribution in [0, 0.1) is 11.3 Å². The van der Waals surface area contributed by atoms with Gasteiger partial charge in [0.2, 0.25) is 0 Å². The van der Waals surface area contributed by atoms with Crippen LogP contribution >= 0.6 is 0 Å². The molecule has 25 heavy (non-hydrogen) atoms. The van der Waals surface area contributed by atoms with Gasteiger partial charge in [-0.1, -0.05) is 47.0 Å². The molecule has 0 aliphatic rings. The van der Waals surface area contributed by atoms with E-state index in [0.717, 1.165) is 32.6 Å². The molecule has 0 aromatic heterocycles. The third-order valence-corrected chi connectivity index (χ3v) is 5.43. The first-order valence-electron chi connectivity index (χ1n) is 10.5. The molecular weight excluding hydrogens is 310 g/mol. The number of hydrogen-bond acceptors (Lipinski definition) is 3. The quantitative estimate of drug-likeness (QED) is 0.375. The third-order valence-electron chi connectivity index (χ3n) is 5.43. The van der Waals surface area contributed by atoms with Crippen LogP contribution < -0.4 is 5.32 Å². The largest absolute Gasteiger partial charge is 0.375 e. The lowest BCUT2D eigenvalue weighted by Gasteiger charge is -2.44. The highest BCUT2D eigenvalue weighted by molar-refractivity contribution is 4.91. The lowest BCUT2D eigenvalue weighted by Crippen LogP contribution is -2.41. The van der Waals surface area contributed by atoms with Crippen LogP contribution in [0.15, 0.2) is 0 Å². The van der Waals surface area contributed by atoms with Crippen LogP contribution in [0.4, 0.5) is 0 Å². The molecule has 1 N–H and O–H groups in total. The maximum absolute atomic E-state index is 6.35. The van der Waals surface area contributed by atoms with Crippen LogP contribution in [0.25, 0.3) is 0 Å². The van der Waals surface area contributed by atoms with Crippen molar-refractivity contribution < 1.29 is 9.47 Å². The summed E-state index contributed by atoms with van der Waals surface area (Å²) in [5, 5.41) is 3.17. The highest BCUT2D eigenvalue weighted by Gasteiger charge is 2.39. The molecule has 0 fully saturated rings. The van der Waals surface area contributed by atoms with Crippen molar-refractivity contribution in [2.75, 3.05) is 26.8 Å². The summed E-state index contributed by atoms with van der Waals surface area (Å²) in [5.41, 5.74) is 0.0847. The number of ether oxygens (including phenoxy) is 2. The monoisotopic (exact) mass is 357 g/mol. The van der Waals surface area contributed by atoms with Gasteiger partial charge in [-0.25, -0.2) is 0 Å². The molecule has 3 nitrogen and oxygen atoms in total. The van der Waals surface area contributed by atoms with Crippen molar-refractivity contribution in [1.82, 2.24) is 5.32 Å². The SMILES string of the molecule is CCCC(CC)(CC(C)(C)OCCNC)CC(C)(C)OCC(C)CC. The van der Waals surface area contributed by atoms with E-state index in [1.165, 1.54) is 25.7 Å². The van der Waals surface area contributed by atoms with Gasteiger partial charge in [0, 0.05) is 13.2 Å². The summed E-state index contributed by atoms with van der Waals surface area (Å²) in [7, 11) is 1.97. The van der Waals surface area contributed by atoms with E-state index in [1.54, 1.807) is 0 Å². The normalized spacial score (nSPS) is 16.7. The fourth-order valence-corrected chi connectivity index (χ4v) is 4.02. The minimum atomic E-state index is -0.102. The Kier molecular flexibility index (Phi) is 11.5. The van der Waals surface area contributed by atoms with E-state index in [9.17, 15) is 0 Å². The highest BCUT2D eigenvalue weighted by Crippen LogP contribution is 2.45. The van der Waals surface area contributed by atoms with E-state index in [4.69, 9.17) is 9.47 Å². The molecule has 0 radical (unpaired) electrons. The van der Waals surface area contributed by atoms with Crippen LogP contribution in [0.1, 0.15) is 93.9 Å². The summed E-state index contributed by atoms with van der Waals surface area (Å²) >= 11 is 0. The maximum Gasteiger partial charge on any atom is 0.0632 e. The second-order valence-corrected chi connectivity index (χ2v) is 9.25. The molecule has 0 aliphatic carbocycles. The van der Waals surface area contributed by atoms with E-state index in [-0.39, 0.29) is 16.6 Å². The Balaban J connectivity index is 5.05. The van der Waals surface area contributed by atoms with Gasteiger partial charge in [0.15, 0.2) is 0 Å². The molecular formula is C22H47NO2. The molecule has 2 atom stereocenters. The molecule has 0 rings (SSSR count). The Bertz CT molecular complexity index is 341. The Morgan fingerprint density at radius 3 is 1.92 bits per heavy atom. The predicted octanol–water partition coefficient (Wildman–Crippen LogP) is 5.82. The summed E-state index contributed by atoms with van der Waals surface area (Å²) < 4.78 is 12.5. The zero-order valence-corrected chi connectivity index (χ0v) is 18.8. The Morgan fingerprint density at radius 1 is 0.920 bits per heavy atom. The summed E-state index contributed by atoms with van der Waals surface area (Å²) in [6.45, 7) is 20.7. The van der Waals surface area contributed by atoms with E-state index in [1.807, 2.05) is 7.05 Å². The van der Waals surface area contributed by atoms with Gasteiger partial charge in [0.1, 0.15) is 0 Å². The fourth-order valence-electron chi connectivity index (χ4n) is 4.02. The van der Waals surface area contributed by atoms with Crippen molar-refractivity contribution in [2.45, 2.75) is 105 Å². The van der Waals surface area contributed by atoms with Crippen LogP contribution in [-0.4, -0.2) is 38.0 Å². The molecule has 0 saturated heterocycles. The van der Waals surface area contributed by atoms with Gasteiger partial charge >= 0.3 is 0 Å². The van der Waals surface area contributed by atoms with E-state index in [0.29, 0.717) is 5.92 Å². The van der Waals surface area contributed by atoms with Crippen molar-refractivity contribution >= 4 is 0 Å². The Morgan fingerprint density at radius 2 is 1.48 bits per heavy atom. The number of hydrogen-bond donors (Lipinski definition) is 1. The van der Waals surface area contributed by atoms with Gasteiger partial charge in [-0.15, -0.1) is 0 Å². The Labute approximate surface area is 158 Å². The van der Waals surface area contributed by atoms with E-state index in [2.05, 4.69) is 60.7 Å². The van der Waals surface area contributed by atoms with Crippen LogP contribution in [0.3, 0.4) is 0 Å². The van der Waals surface area contributed by atoms with Crippen molar-refractivity contribution in [2.24, 2.45) is 11.3 Å². The number of likely N-dealkylation sites (N-methyl/N-ethyl adjacent to an activating group) is 1. The van der Waals surface area contributed by atoms with Gasteiger partial charge in [-0.2, -0.15) is 0 Å². The van der Waals surface area contributed by atoms with Crippen molar-refractivity contribution in [1.29, 1.82) is 0 Å². The molecule has 0 amide bonds. The van der Waals surface area contributed by atoms with E-state index < -0.39 is 0 Å². The lowest BCUT2D eigenvalue weighted by atomic mass is 9.67. The van der Waals surface area contributed by atoms with Gasteiger partial charge < -0.3 is 14.8 Å². The van der Waals surface area contributed by atoms with Crippen molar-refractivity contribution in [3.8, 4) is 0 Å². The average molecular weight is 358 g/mol. The van der Waals surface area contributed by atoms with Gasteiger partial charge in [-0.3, -0.25) is 0 Å². The zero-order chi connectivity index (χ0) is 19.6. The predicted molar refractivity (Wildman–Crippen MR) is 110 cm³/mol. The van der Waals surface area contributed by atoms with Crippen LogP contribution in [0.5, 0.6) is 0 Å². The highest BCUT2D eigenvalue weighted by atomic mass is 16.5. The maximum atomic E-state index is 6.35. The van der Waals surface area contributed by atoms with Crippen molar-refractivity contribution in [3.63, 3.8) is 0 Å². The first-order chi connectivity index (χ1) is 11.6. The molecule has 0 saturated carbocycles. The van der Waals surface area contributed by atoms with Crippen LogP contribution in [0.2, 0.25) is 0 Å². The summed E-state index contributed by atoms with van der Waals surface area (Å²) in [6.07, 6.45) is 6.98. The average Bonchev–Trinajstić information content (AvgIpc) is 2.52. The molecule has 2 unspecified atom stereocenters. The number of nitrogens with one attached hydrogen (secondary N) is 1. The molecule has 0 heterocycles. The smallest absolute Gasteiger partial charge is 0.0632 e. The number of rotatable bonds is 15. The summed E-state index contributed by atoms with van der Waals surface area (Å²) in [5.74, 6) is 0.628. The Hall–Kier alpha value is -0.120. The minimum Gasteiger partial charge on any atom is -0.375 e. The second kappa shape index (κ2) is 11.6. The molecule has 0 aliphatic heterocycles. The van der Waals surface area contributed by atoms with Gasteiger partial charge in [0.25, 0.3) is 0 Å². The lowest BCUT2D eigenvalue weighted by molar-refractivity contribution is -0.0963.